The number of ether oxygens (including phenoxy) is 1. The van der Waals surface area contributed by atoms with Gasteiger partial charge in [-0.15, -0.1) is 0 Å². The monoisotopic (exact) mass is 263 g/mol. The van der Waals surface area contributed by atoms with Crippen LogP contribution in [-0.4, -0.2) is 28.1 Å². The summed E-state index contributed by atoms with van der Waals surface area (Å²) in [7, 11) is 0. The van der Waals surface area contributed by atoms with Crippen molar-refractivity contribution in [2.24, 2.45) is 0 Å². The number of aliphatic hydroxyl groups is 1. The van der Waals surface area contributed by atoms with Gasteiger partial charge in [-0.3, -0.25) is 0 Å². The van der Waals surface area contributed by atoms with Gasteiger partial charge in [0.25, 0.3) is 0 Å². The van der Waals surface area contributed by atoms with E-state index in [0.717, 1.165) is 18.4 Å². The lowest BCUT2D eigenvalue weighted by atomic mass is 9.92. The van der Waals surface area contributed by atoms with Crippen molar-refractivity contribution in [3.63, 3.8) is 0 Å². The third-order valence-corrected chi connectivity index (χ3v) is 3.64. The molecule has 2 bridgehead atoms. The highest BCUT2D eigenvalue weighted by molar-refractivity contribution is 5.67. The average molecular weight is 263 g/mol. The van der Waals surface area contributed by atoms with Gasteiger partial charge < -0.3 is 9.84 Å². The smallest absolute Gasteiger partial charge is 0.434 e. The van der Waals surface area contributed by atoms with Crippen LogP contribution in [0.2, 0.25) is 0 Å². The van der Waals surface area contributed by atoms with E-state index < -0.39 is 11.9 Å². The summed E-state index contributed by atoms with van der Waals surface area (Å²) in [6, 6.07) is 9.42. The standard InChI is InChI=1S/C14H17NO4/c16-13(18-10-11-5-2-1-3-6-11)15-12-7-4-8-14(17,9-12)19-15/h1-3,5-6,12,17H,4,7-10H2/t12?,14-/m0/s1. The molecule has 5 nitrogen and oxygen atoms in total. The zero-order valence-electron chi connectivity index (χ0n) is 10.6. The molecule has 1 aliphatic carbocycles. The summed E-state index contributed by atoms with van der Waals surface area (Å²) in [5, 5.41) is 11.3. The third kappa shape index (κ3) is 2.57. The van der Waals surface area contributed by atoms with Crippen LogP contribution < -0.4 is 0 Å². The molecule has 1 unspecified atom stereocenters. The fourth-order valence-electron chi connectivity index (χ4n) is 2.70. The van der Waals surface area contributed by atoms with E-state index >= 15 is 0 Å². The predicted octanol–water partition coefficient (Wildman–Crippen LogP) is 2.20. The fraction of sp³-hybridized carbons (Fsp3) is 0.500. The fourth-order valence-corrected chi connectivity index (χ4v) is 2.70. The summed E-state index contributed by atoms with van der Waals surface area (Å²) < 4.78 is 5.22. The van der Waals surface area contributed by atoms with E-state index in [1.54, 1.807) is 0 Å². The highest BCUT2D eigenvalue weighted by atomic mass is 16.8. The van der Waals surface area contributed by atoms with Crippen molar-refractivity contribution < 1.29 is 19.5 Å². The molecular formula is C14H17NO4. The zero-order valence-corrected chi connectivity index (χ0v) is 10.6. The second kappa shape index (κ2) is 4.83. The Hall–Kier alpha value is -1.59. The number of fused-ring (bicyclic) bond motifs is 2. The first kappa shape index (κ1) is 12.4. The molecule has 2 fully saturated rings. The molecule has 2 aliphatic rings. The van der Waals surface area contributed by atoms with E-state index in [4.69, 9.17) is 9.57 Å². The molecular weight excluding hydrogens is 246 g/mol. The van der Waals surface area contributed by atoms with Crippen molar-refractivity contribution in [2.75, 3.05) is 0 Å². The van der Waals surface area contributed by atoms with E-state index in [1.165, 1.54) is 5.06 Å². The van der Waals surface area contributed by atoms with E-state index in [1.807, 2.05) is 30.3 Å². The van der Waals surface area contributed by atoms with E-state index in [0.29, 0.717) is 12.8 Å². The molecule has 1 heterocycles. The van der Waals surface area contributed by atoms with Crippen molar-refractivity contribution in [1.82, 2.24) is 5.06 Å². The van der Waals surface area contributed by atoms with Gasteiger partial charge in [-0.05, 0) is 18.4 Å². The molecule has 19 heavy (non-hydrogen) atoms. The highest BCUT2D eigenvalue weighted by Crippen LogP contribution is 2.40. The molecule has 0 radical (unpaired) electrons. The molecule has 1 aromatic rings. The summed E-state index contributed by atoms with van der Waals surface area (Å²) in [5.41, 5.74) is 0.928. The quantitative estimate of drug-likeness (QED) is 0.888. The Bertz CT molecular complexity index is 464. The minimum atomic E-state index is -1.17. The zero-order chi connectivity index (χ0) is 13.3. The van der Waals surface area contributed by atoms with Crippen LogP contribution in [0.4, 0.5) is 4.79 Å². The predicted molar refractivity (Wildman–Crippen MR) is 66.8 cm³/mol. The number of benzene rings is 1. The Morgan fingerprint density at radius 1 is 1.47 bits per heavy atom. The number of carbonyl (C=O) groups excluding carboxylic acids is 1. The molecule has 1 aromatic carbocycles. The van der Waals surface area contributed by atoms with Gasteiger partial charge in [0.2, 0.25) is 0 Å². The van der Waals surface area contributed by atoms with E-state index in [-0.39, 0.29) is 12.6 Å². The molecule has 2 atom stereocenters. The summed E-state index contributed by atoms with van der Waals surface area (Å²) in [4.78, 5) is 17.3. The van der Waals surface area contributed by atoms with Crippen LogP contribution in [0, 0.1) is 0 Å². The minimum Gasteiger partial charge on any atom is -0.443 e. The van der Waals surface area contributed by atoms with Crippen molar-refractivity contribution in [3.05, 3.63) is 35.9 Å². The number of hydrogen-bond acceptors (Lipinski definition) is 4. The molecule has 5 heteroatoms. The minimum absolute atomic E-state index is 0.0676. The largest absolute Gasteiger partial charge is 0.443 e. The number of amides is 1. The molecule has 0 aromatic heterocycles. The molecule has 1 saturated heterocycles. The summed E-state index contributed by atoms with van der Waals surface area (Å²) in [6.45, 7) is 0.213. The number of hydrogen-bond donors (Lipinski definition) is 1. The van der Waals surface area contributed by atoms with Gasteiger partial charge in [0.1, 0.15) is 6.61 Å². The van der Waals surface area contributed by atoms with Gasteiger partial charge in [0, 0.05) is 12.8 Å². The van der Waals surface area contributed by atoms with E-state index in [2.05, 4.69) is 0 Å². The Labute approximate surface area is 111 Å². The van der Waals surface area contributed by atoms with Gasteiger partial charge in [-0.2, -0.15) is 5.06 Å². The maximum Gasteiger partial charge on any atom is 0.434 e. The van der Waals surface area contributed by atoms with Crippen molar-refractivity contribution >= 4 is 6.09 Å². The lowest BCUT2D eigenvalue weighted by Gasteiger charge is -2.21. The van der Waals surface area contributed by atoms with Crippen LogP contribution in [0.15, 0.2) is 30.3 Å². The SMILES string of the molecule is O=C(OCc1ccccc1)N1O[C@@]2(O)CCCC1C2. The Balaban J connectivity index is 1.59. The Morgan fingerprint density at radius 2 is 2.26 bits per heavy atom. The maximum atomic E-state index is 12.0. The average Bonchev–Trinajstić information content (AvgIpc) is 2.67. The molecule has 1 amide bonds. The topological polar surface area (TPSA) is 59.0 Å². The number of nitrogens with zero attached hydrogens (tertiary/aromatic N) is 1. The summed E-state index contributed by atoms with van der Waals surface area (Å²) in [6.07, 6.45) is 2.25. The third-order valence-electron chi connectivity index (χ3n) is 3.64. The van der Waals surface area contributed by atoms with Crippen LogP contribution in [-0.2, 0) is 16.2 Å². The lowest BCUT2D eigenvalue weighted by Crippen LogP contribution is -2.34. The van der Waals surface area contributed by atoms with Gasteiger partial charge in [0.05, 0.1) is 6.04 Å². The second-order valence-corrected chi connectivity index (χ2v) is 5.15. The molecule has 1 aliphatic heterocycles. The summed E-state index contributed by atoms with van der Waals surface area (Å²) in [5.74, 6) is -1.17. The van der Waals surface area contributed by atoms with Crippen LogP contribution >= 0.6 is 0 Å². The normalized spacial score (nSPS) is 29.3. The van der Waals surface area contributed by atoms with Gasteiger partial charge in [0.15, 0.2) is 5.79 Å². The molecule has 3 rings (SSSR count). The molecule has 1 N–H and O–H groups in total. The van der Waals surface area contributed by atoms with Crippen molar-refractivity contribution in [1.29, 1.82) is 0 Å². The first-order valence-electron chi connectivity index (χ1n) is 6.58. The van der Waals surface area contributed by atoms with Crippen molar-refractivity contribution in [3.8, 4) is 0 Å². The number of carbonyl (C=O) groups is 1. The Morgan fingerprint density at radius 3 is 3.00 bits per heavy atom. The van der Waals surface area contributed by atoms with E-state index in [9.17, 15) is 9.90 Å². The Kier molecular flexibility index (Phi) is 3.16. The van der Waals surface area contributed by atoms with Crippen molar-refractivity contribution in [2.45, 2.75) is 44.1 Å². The summed E-state index contributed by atoms with van der Waals surface area (Å²) >= 11 is 0. The van der Waals surface area contributed by atoms with Crippen LogP contribution in [0.1, 0.15) is 31.2 Å². The lowest BCUT2D eigenvalue weighted by molar-refractivity contribution is -0.267. The van der Waals surface area contributed by atoms with Crippen LogP contribution in [0.25, 0.3) is 0 Å². The molecule has 0 spiro atoms. The maximum absolute atomic E-state index is 12.0. The second-order valence-electron chi connectivity index (χ2n) is 5.15. The van der Waals surface area contributed by atoms with Gasteiger partial charge in [-0.1, -0.05) is 30.3 Å². The molecule has 1 saturated carbocycles. The molecule has 102 valence electrons. The number of hydroxylamine groups is 2. The van der Waals surface area contributed by atoms with Crippen LogP contribution in [0.3, 0.4) is 0 Å². The first-order valence-corrected chi connectivity index (χ1v) is 6.58. The van der Waals surface area contributed by atoms with Gasteiger partial charge >= 0.3 is 6.09 Å². The number of rotatable bonds is 2. The van der Waals surface area contributed by atoms with Gasteiger partial charge in [-0.25, -0.2) is 9.63 Å². The van der Waals surface area contributed by atoms with Crippen LogP contribution in [0.5, 0.6) is 0 Å². The highest BCUT2D eigenvalue weighted by Gasteiger charge is 2.49. The first-order chi connectivity index (χ1) is 9.16.